The van der Waals surface area contributed by atoms with Crippen LogP contribution in [0.3, 0.4) is 0 Å². The van der Waals surface area contributed by atoms with Crippen LogP contribution in [0.25, 0.3) is 0 Å². The van der Waals surface area contributed by atoms with Gasteiger partial charge in [-0.25, -0.2) is 0 Å². The molecule has 0 aliphatic rings. The van der Waals surface area contributed by atoms with Gasteiger partial charge in [0.25, 0.3) is 0 Å². The predicted molar refractivity (Wildman–Crippen MR) is 95.2 cm³/mol. The van der Waals surface area contributed by atoms with Gasteiger partial charge in [0.1, 0.15) is 12.0 Å². The molecule has 1 amide bonds. The van der Waals surface area contributed by atoms with Crippen molar-refractivity contribution in [2.75, 3.05) is 32.5 Å². The molecule has 0 rings (SSSR count). The molecule has 0 aliphatic carbocycles. The van der Waals surface area contributed by atoms with Crippen LogP contribution in [0.15, 0.2) is 4.99 Å². The molecule has 0 fully saturated rings. The van der Waals surface area contributed by atoms with Crippen LogP contribution in [0.1, 0.15) is 60.3 Å². The zero-order valence-electron chi connectivity index (χ0n) is 15.3. The molecule has 136 valence electrons. The quantitative estimate of drug-likeness (QED) is 0.230. The summed E-state index contributed by atoms with van der Waals surface area (Å²) in [4.78, 5) is 17.4. The topological polar surface area (TPSA) is 68.2 Å². The van der Waals surface area contributed by atoms with E-state index in [-0.39, 0.29) is 12.1 Å². The number of unbranched alkanes of at least 4 members (excludes halogenated alkanes) is 2. The highest BCUT2D eigenvalue weighted by Gasteiger charge is 2.29. The van der Waals surface area contributed by atoms with E-state index in [1.807, 2.05) is 32.6 Å². The standard InChI is InChI=1S/C16H33N2O4P/c1-6-10-12-21-23(20,22-13-11-7-2)14-16(17-15(5)19)18(8-3)9-4/h6-14H2,1-5H3. The van der Waals surface area contributed by atoms with E-state index in [9.17, 15) is 9.36 Å². The number of amides is 1. The number of carbonyl (C=O) groups excluding carboxylic acids is 1. The van der Waals surface area contributed by atoms with E-state index in [1.165, 1.54) is 6.92 Å². The van der Waals surface area contributed by atoms with Gasteiger partial charge in [-0.2, -0.15) is 4.99 Å². The number of rotatable bonds is 12. The third kappa shape index (κ3) is 9.90. The summed E-state index contributed by atoms with van der Waals surface area (Å²) < 4.78 is 24.2. The van der Waals surface area contributed by atoms with Crippen LogP contribution in [0, 0.1) is 0 Å². The lowest BCUT2D eigenvalue weighted by atomic mass is 10.4. The van der Waals surface area contributed by atoms with Crippen molar-refractivity contribution in [1.29, 1.82) is 0 Å². The molecule has 7 heteroatoms. The minimum Gasteiger partial charge on any atom is -0.360 e. The molecule has 0 aromatic carbocycles. The molecule has 0 radical (unpaired) electrons. The summed E-state index contributed by atoms with van der Waals surface area (Å²) in [7, 11) is -3.30. The van der Waals surface area contributed by atoms with Gasteiger partial charge in [0, 0.05) is 20.0 Å². The Morgan fingerprint density at radius 1 is 1.00 bits per heavy atom. The third-order valence-corrected chi connectivity index (χ3v) is 5.14. The van der Waals surface area contributed by atoms with Crippen molar-refractivity contribution >= 4 is 19.3 Å². The first-order chi connectivity index (χ1) is 10.9. The van der Waals surface area contributed by atoms with E-state index >= 15 is 0 Å². The highest BCUT2D eigenvalue weighted by atomic mass is 31.2. The summed E-state index contributed by atoms with van der Waals surface area (Å²) in [5, 5.41) is 0. The van der Waals surface area contributed by atoms with Gasteiger partial charge in [-0.15, -0.1) is 0 Å². The minimum absolute atomic E-state index is 0.0433. The molecule has 0 aliphatic heterocycles. The number of nitrogens with zero attached hydrogens (tertiary/aromatic N) is 2. The molecule has 0 aromatic heterocycles. The second-order valence-electron chi connectivity index (χ2n) is 5.36. The fraction of sp³-hybridized carbons (Fsp3) is 0.875. The molecule has 0 heterocycles. The maximum Gasteiger partial charge on any atom is 0.338 e. The van der Waals surface area contributed by atoms with E-state index in [0.717, 1.165) is 25.7 Å². The second kappa shape index (κ2) is 12.7. The van der Waals surface area contributed by atoms with E-state index in [4.69, 9.17) is 9.05 Å². The average Bonchev–Trinajstić information content (AvgIpc) is 2.48. The lowest BCUT2D eigenvalue weighted by Gasteiger charge is -2.26. The van der Waals surface area contributed by atoms with Crippen molar-refractivity contribution in [3.8, 4) is 0 Å². The van der Waals surface area contributed by atoms with E-state index < -0.39 is 7.60 Å². The second-order valence-corrected chi connectivity index (χ2v) is 7.42. The summed E-state index contributed by atoms with van der Waals surface area (Å²) in [6.45, 7) is 11.6. The molecule has 0 N–H and O–H groups in total. The molecule has 23 heavy (non-hydrogen) atoms. The number of hydrogen-bond acceptors (Lipinski definition) is 4. The SMILES string of the molecule is CCCCOP(=O)(CC(=NC(C)=O)N(CC)CC)OCCCC. The number of carbonyl (C=O) groups is 1. The maximum absolute atomic E-state index is 13.0. The van der Waals surface area contributed by atoms with Crippen LogP contribution >= 0.6 is 7.60 Å². The Morgan fingerprint density at radius 2 is 1.48 bits per heavy atom. The number of hydrogen-bond donors (Lipinski definition) is 0. The first-order valence-corrected chi connectivity index (χ1v) is 10.4. The number of amidine groups is 1. The lowest BCUT2D eigenvalue weighted by Crippen LogP contribution is -2.34. The van der Waals surface area contributed by atoms with Crippen LogP contribution in [0.2, 0.25) is 0 Å². The van der Waals surface area contributed by atoms with E-state index in [2.05, 4.69) is 4.99 Å². The maximum atomic E-state index is 13.0. The van der Waals surface area contributed by atoms with Crippen LogP contribution in [-0.4, -0.2) is 49.1 Å². The summed E-state index contributed by atoms with van der Waals surface area (Å²) >= 11 is 0. The predicted octanol–water partition coefficient (Wildman–Crippen LogP) is 4.10. The zero-order chi connectivity index (χ0) is 17.7. The fourth-order valence-corrected chi connectivity index (χ4v) is 3.66. The summed E-state index contributed by atoms with van der Waals surface area (Å²) in [5.41, 5.74) is 0. The third-order valence-electron chi connectivity index (χ3n) is 3.32. The molecule has 0 aromatic rings. The summed E-state index contributed by atoms with van der Waals surface area (Å²) in [6.07, 6.45) is 3.61. The van der Waals surface area contributed by atoms with Crippen LogP contribution < -0.4 is 0 Å². The van der Waals surface area contributed by atoms with E-state index in [1.54, 1.807) is 0 Å². The van der Waals surface area contributed by atoms with Crippen molar-refractivity contribution in [3.63, 3.8) is 0 Å². The number of aliphatic imine (C=N–C) groups is 1. The minimum atomic E-state index is -3.30. The largest absolute Gasteiger partial charge is 0.360 e. The van der Waals surface area contributed by atoms with Crippen LogP contribution in [0.4, 0.5) is 0 Å². The molecule has 0 saturated heterocycles. The lowest BCUT2D eigenvalue weighted by molar-refractivity contribution is -0.115. The molecule has 0 atom stereocenters. The van der Waals surface area contributed by atoms with Crippen molar-refractivity contribution < 1.29 is 18.4 Å². The van der Waals surface area contributed by atoms with Crippen molar-refractivity contribution in [3.05, 3.63) is 0 Å². The highest BCUT2D eigenvalue weighted by molar-refractivity contribution is 7.54. The van der Waals surface area contributed by atoms with Crippen molar-refractivity contribution in [2.24, 2.45) is 4.99 Å². The Morgan fingerprint density at radius 3 is 1.83 bits per heavy atom. The van der Waals surface area contributed by atoms with Gasteiger partial charge in [0.2, 0.25) is 5.91 Å². The summed E-state index contributed by atoms with van der Waals surface area (Å²) in [5.74, 6) is 0.180. The normalized spacial score (nSPS) is 12.5. The van der Waals surface area contributed by atoms with Gasteiger partial charge < -0.3 is 13.9 Å². The molecular weight excluding hydrogens is 315 g/mol. The Bertz CT molecular complexity index is 395. The molecular formula is C16H33N2O4P. The summed E-state index contributed by atoms with van der Waals surface area (Å²) in [6, 6.07) is 0. The Balaban J connectivity index is 5.16. The highest BCUT2D eigenvalue weighted by Crippen LogP contribution is 2.48. The molecule has 0 saturated carbocycles. The first-order valence-electron chi connectivity index (χ1n) is 8.63. The molecule has 6 nitrogen and oxygen atoms in total. The van der Waals surface area contributed by atoms with Crippen molar-refractivity contribution in [1.82, 2.24) is 4.90 Å². The molecule has 0 bridgehead atoms. The first kappa shape index (κ1) is 22.3. The average molecular weight is 348 g/mol. The van der Waals surface area contributed by atoms with Gasteiger partial charge in [-0.1, -0.05) is 26.7 Å². The molecule has 0 spiro atoms. The Kier molecular flexibility index (Phi) is 12.3. The fourth-order valence-electron chi connectivity index (χ4n) is 1.97. The monoisotopic (exact) mass is 348 g/mol. The van der Waals surface area contributed by atoms with E-state index in [0.29, 0.717) is 32.1 Å². The van der Waals surface area contributed by atoms with Gasteiger partial charge in [0.05, 0.1) is 13.2 Å². The van der Waals surface area contributed by atoms with Crippen LogP contribution in [-0.2, 0) is 18.4 Å². The van der Waals surface area contributed by atoms with Crippen LogP contribution in [0.5, 0.6) is 0 Å². The molecule has 0 unspecified atom stereocenters. The van der Waals surface area contributed by atoms with Gasteiger partial charge in [0.15, 0.2) is 0 Å². The smallest absolute Gasteiger partial charge is 0.338 e. The van der Waals surface area contributed by atoms with Gasteiger partial charge >= 0.3 is 7.60 Å². The van der Waals surface area contributed by atoms with Gasteiger partial charge in [-0.05, 0) is 26.7 Å². The van der Waals surface area contributed by atoms with Crippen molar-refractivity contribution in [2.45, 2.75) is 60.3 Å². The Hall–Kier alpha value is -0.710. The zero-order valence-corrected chi connectivity index (χ0v) is 16.2. The Labute approximate surface area is 141 Å². The van der Waals surface area contributed by atoms with Gasteiger partial charge in [-0.3, -0.25) is 9.36 Å².